The molecule has 0 bridgehead atoms. The molecule has 0 spiro atoms. The number of carboxylic acids is 2. The Labute approximate surface area is 148 Å². The number of hydrogen-bond donors (Lipinski definition) is 2. The molecule has 0 radical (unpaired) electrons. The SMILES string of the molecule is CCCCCCCCCCCCCC[N+](C)(C)C.O=C(O)C(=O)O. The number of nitrogens with zero attached hydrogens (tertiary/aromatic N) is 1. The van der Waals surface area contributed by atoms with E-state index in [1.54, 1.807) is 0 Å². The summed E-state index contributed by atoms with van der Waals surface area (Å²) in [4.78, 5) is 18.2. The minimum absolute atomic E-state index is 1.12. The van der Waals surface area contributed by atoms with E-state index in [2.05, 4.69) is 28.1 Å². The molecule has 0 aromatic rings. The number of quaternary nitrogens is 1. The maximum absolute atomic E-state index is 9.10. The van der Waals surface area contributed by atoms with Gasteiger partial charge in [0.2, 0.25) is 0 Å². The van der Waals surface area contributed by atoms with Crippen LogP contribution in [0.15, 0.2) is 0 Å². The second-order valence-corrected chi connectivity index (χ2v) is 7.51. The lowest BCUT2D eigenvalue weighted by atomic mass is 10.1. The number of carbonyl (C=O) groups is 2. The number of unbranched alkanes of at least 4 members (excludes halogenated alkanes) is 11. The van der Waals surface area contributed by atoms with Crippen LogP contribution < -0.4 is 0 Å². The van der Waals surface area contributed by atoms with E-state index in [0.717, 1.165) is 4.48 Å². The van der Waals surface area contributed by atoms with Crippen LogP contribution in [0, 0.1) is 0 Å². The lowest BCUT2D eigenvalue weighted by Crippen LogP contribution is -2.35. The molecule has 0 aromatic heterocycles. The number of aliphatic carboxylic acids is 2. The molecule has 0 atom stereocenters. The van der Waals surface area contributed by atoms with Crippen molar-refractivity contribution in [1.82, 2.24) is 0 Å². The highest BCUT2D eigenvalue weighted by Gasteiger charge is 2.05. The van der Waals surface area contributed by atoms with Crippen LogP contribution in [0.3, 0.4) is 0 Å². The van der Waals surface area contributed by atoms with Gasteiger partial charge in [-0.1, -0.05) is 71.1 Å². The minimum Gasteiger partial charge on any atom is -0.473 e. The predicted octanol–water partition coefficient (Wildman–Crippen LogP) is 4.55. The Morgan fingerprint density at radius 1 is 0.625 bits per heavy atom. The van der Waals surface area contributed by atoms with Gasteiger partial charge in [-0.2, -0.15) is 0 Å². The van der Waals surface area contributed by atoms with Crippen LogP contribution in [0.4, 0.5) is 0 Å². The second kappa shape index (κ2) is 16.7. The molecule has 0 aromatic carbocycles. The summed E-state index contributed by atoms with van der Waals surface area (Å²) < 4.78 is 1.12. The number of carboxylic acid groups (broad SMARTS) is 2. The van der Waals surface area contributed by atoms with Crippen LogP contribution in [0.5, 0.6) is 0 Å². The van der Waals surface area contributed by atoms with Gasteiger partial charge in [0, 0.05) is 0 Å². The molecular formula is C19H40NO4+. The molecule has 0 saturated carbocycles. The van der Waals surface area contributed by atoms with Gasteiger partial charge in [0.25, 0.3) is 0 Å². The smallest absolute Gasteiger partial charge is 0.414 e. The van der Waals surface area contributed by atoms with E-state index in [4.69, 9.17) is 19.8 Å². The summed E-state index contributed by atoms with van der Waals surface area (Å²) in [6.07, 6.45) is 17.4. The van der Waals surface area contributed by atoms with Gasteiger partial charge >= 0.3 is 11.9 Å². The van der Waals surface area contributed by atoms with Gasteiger partial charge in [0.05, 0.1) is 27.7 Å². The summed E-state index contributed by atoms with van der Waals surface area (Å²) in [7, 11) is 6.87. The average molecular weight is 347 g/mol. The van der Waals surface area contributed by atoms with E-state index in [-0.39, 0.29) is 0 Å². The molecule has 0 heterocycles. The van der Waals surface area contributed by atoms with Gasteiger partial charge in [0.1, 0.15) is 0 Å². The summed E-state index contributed by atoms with van der Waals surface area (Å²) in [6, 6.07) is 0. The molecule has 2 N–H and O–H groups in total. The van der Waals surface area contributed by atoms with Crippen molar-refractivity contribution >= 4 is 11.9 Å². The average Bonchev–Trinajstić information content (AvgIpc) is 2.48. The number of rotatable bonds is 13. The molecule has 0 fully saturated rings. The normalized spacial score (nSPS) is 10.8. The molecular weight excluding hydrogens is 306 g/mol. The lowest BCUT2D eigenvalue weighted by Gasteiger charge is -2.23. The topological polar surface area (TPSA) is 74.6 Å². The fourth-order valence-electron chi connectivity index (χ4n) is 2.43. The molecule has 0 aliphatic heterocycles. The van der Waals surface area contributed by atoms with Gasteiger partial charge in [-0.15, -0.1) is 0 Å². The first-order chi connectivity index (χ1) is 11.2. The first-order valence-corrected chi connectivity index (χ1v) is 9.47. The van der Waals surface area contributed by atoms with Crippen LogP contribution in [0.1, 0.15) is 84.0 Å². The molecule has 0 unspecified atom stereocenters. The van der Waals surface area contributed by atoms with Gasteiger partial charge in [-0.05, 0) is 12.8 Å². The Hall–Kier alpha value is -1.10. The zero-order chi connectivity index (χ0) is 18.8. The Balaban J connectivity index is 0. The fourth-order valence-corrected chi connectivity index (χ4v) is 2.43. The van der Waals surface area contributed by atoms with Crippen LogP contribution in [0.2, 0.25) is 0 Å². The summed E-state index contributed by atoms with van der Waals surface area (Å²) in [6.45, 7) is 3.62. The van der Waals surface area contributed by atoms with Crippen LogP contribution in [-0.4, -0.2) is 54.3 Å². The Morgan fingerprint density at radius 3 is 1.17 bits per heavy atom. The second-order valence-electron chi connectivity index (χ2n) is 7.51. The largest absolute Gasteiger partial charge is 0.473 e. The van der Waals surface area contributed by atoms with Gasteiger partial charge < -0.3 is 14.7 Å². The van der Waals surface area contributed by atoms with Gasteiger partial charge in [-0.3, -0.25) is 0 Å². The monoisotopic (exact) mass is 346 g/mol. The minimum atomic E-state index is -1.82. The molecule has 0 aliphatic carbocycles. The third-order valence-corrected chi connectivity index (χ3v) is 3.87. The fraction of sp³-hybridized carbons (Fsp3) is 0.895. The zero-order valence-electron chi connectivity index (χ0n) is 16.4. The van der Waals surface area contributed by atoms with E-state index in [9.17, 15) is 0 Å². The Kier molecular flexibility index (Phi) is 17.5. The zero-order valence-corrected chi connectivity index (χ0v) is 16.4. The van der Waals surface area contributed by atoms with Crippen molar-refractivity contribution in [2.24, 2.45) is 0 Å². The van der Waals surface area contributed by atoms with Crippen molar-refractivity contribution in [2.75, 3.05) is 27.7 Å². The lowest BCUT2D eigenvalue weighted by molar-refractivity contribution is -0.870. The molecule has 24 heavy (non-hydrogen) atoms. The summed E-state index contributed by atoms with van der Waals surface area (Å²) in [5.41, 5.74) is 0. The first kappa shape index (κ1) is 25.1. The van der Waals surface area contributed by atoms with Crippen molar-refractivity contribution in [3.05, 3.63) is 0 Å². The third kappa shape index (κ3) is 25.8. The molecule has 5 nitrogen and oxygen atoms in total. The van der Waals surface area contributed by atoms with Crippen LogP contribution in [-0.2, 0) is 9.59 Å². The Bertz CT molecular complexity index is 299. The first-order valence-electron chi connectivity index (χ1n) is 9.47. The molecule has 0 rings (SSSR count). The van der Waals surface area contributed by atoms with Crippen molar-refractivity contribution in [3.63, 3.8) is 0 Å². The van der Waals surface area contributed by atoms with Crippen LogP contribution >= 0.6 is 0 Å². The van der Waals surface area contributed by atoms with E-state index in [1.807, 2.05) is 0 Å². The highest BCUT2D eigenvalue weighted by atomic mass is 16.4. The molecule has 144 valence electrons. The van der Waals surface area contributed by atoms with E-state index in [1.165, 1.54) is 83.6 Å². The third-order valence-electron chi connectivity index (χ3n) is 3.87. The molecule has 5 heteroatoms. The van der Waals surface area contributed by atoms with Crippen molar-refractivity contribution in [3.8, 4) is 0 Å². The van der Waals surface area contributed by atoms with E-state index >= 15 is 0 Å². The quantitative estimate of drug-likeness (QED) is 0.291. The maximum atomic E-state index is 9.10. The van der Waals surface area contributed by atoms with E-state index in [0.29, 0.717) is 0 Å². The standard InChI is InChI=1S/C17H38N.C2H2O4/c1-5-6-7-8-9-10-11-12-13-14-15-16-17-18(2,3)4;3-1(4)2(5)6/h5-17H2,1-4H3;(H,3,4)(H,5,6)/q+1;. The van der Waals surface area contributed by atoms with Crippen LogP contribution in [0.25, 0.3) is 0 Å². The van der Waals surface area contributed by atoms with Crippen molar-refractivity contribution in [2.45, 2.75) is 84.0 Å². The van der Waals surface area contributed by atoms with Crippen molar-refractivity contribution < 1.29 is 24.3 Å². The number of hydrogen-bond acceptors (Lipinski definition) is 2. The molecule has 0 amide bonds. The molecule has 0 saturated heterocycles. The van der Waals surface area contributed by atoms with Gasteiger partial charge in [-0.25, -0.2) is 9.59 Å². The molecule has 0 aliphatic rings. The highest BCUT2D eigenvalue weighted by molar-refractivity contribution is 6.27. The summed E-state index contributed by atoms with van der Waals surface area (Å²) >= 11 is 0. The van der Waals surface area contributed by atoms with E-state index < -0.39 is 11.9 Å². The summed E-state index contributed by atoms with van der Waals surface area (Å²) in [5, 5.41) is 14.8. The van der Waals surface area contributed by atoms with Gasteiger partial charge in [0.15, 0.2) is 0 Å². The maximum Gasteiger partial charge on any atom is 0.414 e. The summed E-state index contributed by atoms with van der Waals surface area (Å²) in [5.74, 6) is -3.65. The predicted molar refractivity (Wildman–Crippen MR) is 99.2 cm³/mol. The highest BCUT2D eigenvalue weighted by Crippen LogP contribution is 2.12. The Morgan fingerprint density at radius 2 is 0.917 bits per heavy atom. The van der Waals surface area contributed by atoms with Crippen molar-refractivity contribution in [1.29, 1.82) is 0 Å².